The van der Waals surface area contributed by atoms with Crippen LogP contribution >= 0.6 is 23.1 Å². The minimum Gasteiger partial charge on any atom is -0.445 e. The summed E-state index contributed by atoms with van der Waals surface area (Å²) < 4.78 is 5.21. The van der Waals surface area contributed by atoms with Gasteiger partial charge >= 0.3 is 5.97 Å². The van der Waals surface area contributed by atoms with E-state index < -0.39 is 0 Å². The highest BCUT2D eigenvalue weighted by molar-refractivity contribution is 8.01. The van der Waals surface area contributed by atoms with E-state index in [4.69, 9.17) is 4.74 Å². The van der Waals surface area contributed by atoms with Crippen molar-refractivity contribution in [3.63, 3.8) is 0 Å². The Morgan fingerprint density at radius 1 is 1.46 bits per heavy atom. The van der Waals surface area contributed by atoms with Crippen LogP contribution in [0.1, 0.15) is 22.1 Å². The van der Waals surface area contributed by atoms with Gasteiger partial charge in [-0.25, -0.2) is 0 Å². The molecule has 2 unspecified atom stereocenters. The Morgan fingerprint density at radius 3 is 2.69 bits per heavy atom. The third-order valence-corrected chi connectivity index (χ3v) is 4.27. The maximum atomic E-state index is 11.1. The summed E-state index contributed by atoms with van der Waals surface area (Å²) in [7, 11) is 0. The lowest BCUT2D eigenvalue weighted by molar-refractivity contribution is -0.142. The van der Waals surface area contributed by atoms with Gasteiger partial charge in [-0.2, -0.15) is 0 Å². The number of rotatable bonds is 1. The van der Waals surface area contributed by atoms with Gasteiger partial charge < -0.3 is 4.74 Å². The fourth-order valence-corrected chi connectivity index (χ4v) is 3.18. The molecule has 1 saturated heterocycles. The lowest BCUT2D eigenvalue weighted by Gasteiger charge is -2.03. The largest absolute Gasteiger partial charge is 0.445 e. The van der Waals surface area contributed by atoms with Gasteiger partial charge in [0.05, 0.1) is 4.88 Å². The van der Waals surface area contributed by atoms with Gasteiger partial charge in [-0.3, -0.25) is 4.79 Å². The van der Waals surface area contributed by atoms with E-state index in [1.54, 1.807) is 23.1 Å². The van der Waals surface area contributed by atoms with Crippen molar-refractivity contribution in [3.05, 3.63) is 21.9 Å². The minimum absolute atomic E-state index is 0.0209. The summed E-state index contributed by atoms with van der Waals surface area (Å²) in [6, 6.07) is 4.08. The van der Waals surface area contributed by atoms with Gasteiger partial charge in [0.2, 0.25) is 0 Å². The number of ether oxygens (including phenoxy) is 1. The molecule has 0 radical (unpaired) electrons. The van der Waals surface area contributed by atoms with Crippen LogP contribution in [0.5, 0.6) is 0 Å². The third-order valence-electron chi connectivity index (χ3n) is 1.88. The Morgan fingerprint density at radius 2 is 2.23 bits per heavy atom. The summed E-state index contributed by atoms with van der Waals surface area (Å²) in [6.45, 7) is 3.94. The maximum absolute atomic E-state index is 11.1. The molecule has 2 atom stereocenters. The Balaban J connectivity index is 2.16. The predicted octanol–water partition coefficient (Wildman–Crippen LogP) is 2.73. The number of thiophene rings is 1. The summed E-state index contributed by atoms with van der Waals surface area (Å²) in [6.07, 6.45) is 0. The first-order valence-electron chi connectivity index (χ1n) is 4.09. The molecular formula is C9H10O2S2. The van der Waals surface area contributed by atoms with Crippen molar-refractivity contribution in [2.75, 3.05) is 0 Å². The molecule has 4 heteroatoms. The Bertz CT molecular complexity index is 332. The molecule has 13 heavy (non-hydrogen) atoms. The van der Waals surface area contributed by atoms with Crippen molar-refractivity contribution >= 4 is 29.1 Å². The molecule has 0 aliphatic carbocycles. The van der Waals surface area contributed by atoms with Crippen molar-refractivity contribution in [3.8, 4) is 0 Å². The van der Waals surface area contributed by atoms with Crippen LogP contribution in [0.25, 0.3) is 0 Å². The molecule has 1 aliphatic rings. The van der Waals surface area contributed by atoms with Crippen LogP contribution in [0.2, 0.25) is 0 Å². The SMILES string of the molecule is Cc1ccc(C2OC(=O)C(C)S2)s1. The quantitative estimate of drug-likeness (QED) is 0.672. The van der Waals surface area contributed by atoms with Crippen LogP contribution in [-0.4, -0.2) is 11.2 Å². The smallest absolute Gasteiger partial charge is 0.320 e. The van der Waals surface area contributed by atoms with E-state index in [0.717, 1.165) is 4.88 Å². The van der Waals surface area contributed by atoms with Crippen LogP contribution in [-0.2, 0) is 9.53 Å². The fraction of sp³-hybridized carbons (Fsp3) is 0.444. The second kappa shape index (κ2) is 3.35. The maximum Gasteiger partial charge on any atom is 0.320 e. The van der Waals surface area contributed by atoms with Gasteiger partial charge in [0.15, 0.2) is 5.44 Å². The second-order valence-corrected chi connectivity index (χ2v) is 5.72. The summed E-state index contributed by atoms with van der Waals surface area (Å²) in [5.74, 6) is -0.0962. The Labute approximate surface area is 85.3 Å². The average molecular weight is 214 g/mol. The lowest BCUT2D eigenvalue weighted by atomic mass is 10.4. The predicted molar refractivity (Wildman–Crippen MR) is 54.9 cm³/mol. The van der Waals surface area contributed by atoms with Crippen molar-refractivity contribution in [2.24, 2.45) is 0 Å². The van der Waals surface area contributed by atoms with E-state index in [1.165, 1.54) is 4.88 Å². The van der Waals surface area contributed by atoms with E-state index in [0.29, 0.717) is 0 Å². The molecular weight excluding hydrogens is 204 g/mol. The number of hydrogen-bond donors (Lipinski definition) is 0. The fourth-order valence-electron chi connectivity index (χ4n) is 1.18. The first-order chi connectivity index (χ1) is 6.16. The van der Waals surface area contributed by atoms with Crippen molar-refractivity contribution < 1.29 is 9.53 Å². The lowest BCUT2D eigenvalue weighted by Crippen LogP contribution is -2.06. The molecule has 1 fully saturated rings. The molecule has 0 spiro atoms. The molecule has 1 aromatic heterocycles. The van der Waals surface area contributed by atoms with Crippen LogP contribution in [0.3, 0.4) is 0 Å². The van der Waals surface area contributed by atoms with Crippen molar-refractivity contribution in [2.45, 2.75) is 24.5 Å². The Kier molecular flexibility index (Phi) is 2.34. The normalized spacial score (nSPS) is 27.7. The number of thioether (sulfide) groups is 1. The molecule has 0 amide bonds. The molecule has 2 heterocycles. The summed E-state index contributed by atoms with van der Waals surface area (Å²) in [5, 5.41) is -0.0209. The number of aryl methyl sites for hydroxylation is 1. The van der Waals surface area contributed by atoms with Crippen molar-refractivity contribution in [1.82, 2.24) is 0 Å². The number of hydrogen-bond acceptors (Lipinski definition) is 4. The highest BCUT2D eigenvalue weighted by atomic mass is 32.2. The van der Waals surface area contributed by atoms with Crippen LogP contribution in [0.4, 0.5) is 0 Å². The molecule has 0 N–H and O–H groups in total. The summed E-state index contributed by atoms with van der Waals surface area (Å²) >= 11 is 3.27. The molecule has 1 aromatic rings. The van der Waals surface area contributed by atoms with E-state index in [1.807, 2.05) is 13.0 Å². The topological polar surface area (TPSA) is 26.3 Å². The molecule has 0 aromatic carbocycles. The zero-order valence-electron chi connectivity index (χ0n) is 7.44. The van der Waals surface area contributed by atoms with Gasteiger partial charge in [-0.1, -0.05) is 11.8 Å². The first-order valence-corrected chi connectivity index (χ1v) is 5.85. The zero-order valence-corrected chi connectivity index (χ0v) is 9.08. The highest BCUT2D eigenvalue weighted by Crippen LogP contribution is 2.42. The first kappa shape index (κ1) is 9.09. The highest BCUT2D eigenvalue weighted by Gasteiger charge is 2.33. The standard InChI is InChI=1S/C9H10O2S2/c1-5-3-4-7(12-5)9-11-8(10)6(2)13-9/h3-4,6,9H,1-2H3. The number of carbonyl (C=O) groups excluding carboxylic acids is 1. The van der Waals surface area contributed by atoms with Crippen LogP contribution in [0, 0.1) is 6.92 Å². The van der Waals surface area contributed by atoms with Gasteiger partial charge in [0.1, 0.15) is 5.25 Å². The molecule has 2 nitrogen and oxygen atoms in total. The second-order valence-electron chi connectivity index (χ2n) is 3.00. The van der Waals surface area contributed by atoms with Gasteiger partial charge in [-0.15, -0.1) is 11.3 Å². The molecule has 0 saturated carbocycles. The molecule has 70 valence electrons. The van der Waals surface area contributed by atoms with E-state index in [9.17, 15) is 4.79 Å². The van der Waals surface area contributed by atoms with Crippen molar-refractivity contribution in [1.29, 1.82) is 0 Å². The number of esters is 1. The van der Waals surface area contributed by atoms with Gasteiger partial charge in [0.25, 0.3) is 0 Å². The Hall–Kier alpha value is -0.480. The van der Waals surface area contributed by atoms with E-state index in [-0.39, 0.29) is 16.7 Å². The number of cyclic esters (lactones) is 1. The summed E-state index contributed by atoms with van der Waals surface area (Å²) in [5.41, 5.74) is -0.0683. The van der Waals surface area contributed by atoms with Crippen LogP contribution in [0.15, 0.2) is 12.1 Å². The third kappa shape index (κ3) is 1.74. The average Bonchev–Trinajstić information content (AvgIpc) is 2.61. The van der Waals surface area contributed by atoms with Crippen LogP contribution < -0.4 is 0 Å². The summed E-state index contributed by atoms with van der Waals surface area (Å²) in [4.78, 5) is 13.5. The zero-order chi connectivity index (χ0) is 9.42. The number of carbonyl (C=O) groups is 1. The van der Waals surface area contributed by atoms with E-state index in [2.05, 4.69) is 13.0 Å². The molecule has 0 bridgehead atoms. The molecule has 1 aliphatic heterocycles. The minimum atomic E-state index is -0.0962. The van der Waals surface area contributed by atoms with E-state index >= 15 is 0 Å². The monoisotopic (exact) mass is 214 g/mol. The van der Waals surface area contributed by atoms with Gasteiger partial charge in [0, 0.05) is 4.88 Å². The molecule has 2 rings (SSSR count). The van der Waals surface area contributed by atoms with Gasteiger partial charge in [-0.05, 0) is 26.0 Å².